The standard InChI is InChI=1S/C21H26N2O2/c1-15(2)19-18(23-20(24)25-21(3,4)5)13-17(14-22-19)12-11-16-9-7-6-8-10-16/h6-15H,1-5H3,(H,23,24)/b12-11+. The van der Waals surface area contributed by atoms with Crippen LogP contribution in [0.15, 0.2) is 42.6 Å². The molecule has 0 aliphatic carbocycles. The summed E-state index contributed by atoms with van der Waals surface area (Å²) in [5.74, 6) is 0.192. The van der Waals surface area contributed by atoms with Crippen molar-refractivity contribution in [3.05, 3.63) is 59.4 Å². The van der Waals surface area contributed by atoms with Crippen LogP contribution in [-0.2, 0) is 4.74 Å². The third-order valence-electron chi connectivity index (χ3n) is 3.39. The van der Waals surface area contributed by atoms with Gasteiger partial charge in [-0.2, -0.15) is 0 Å². The molecule has 1 amide bonds. The molecule has 2 aromatic rings. The number of ether oxygens (including phenoxy) is 1. The first-order valence-electron chi connectivity index (χ1n) is 8.47. The average molecular weight is 338 g/mol. The van der Waals surface area contributed by atoms with Crippen LogP contribution < -0.4 is 5.32 Å². The van der Waals surface area contributed by atoms with Crippen LogP contribution in [0.3, 0.4) is 0 Å². The minimum Gasteiger partial charge on any atom is -0.444 e. The highest BCUT2D eigenvalue weighted by molar-refractivity contribution is 5.86. The summed E-state index contributed by atoms with van der Waals surface area (Å²) in [6.45, 7) is 9.61. The van der Waals surface area contributed by atoms with Gasteiger partial charge in [0.1, 0.15) is 5.60 Å². The number of aromatic nitrogens is 1. The largest absolute Gasteiger partial charge is 0.444 e. The second kappa shape index (κ2) is 7.97. The molecule has 1 N–H and O–H groups in total. The van der Waals surface area contributed by atoms with Crippen molar-refractivity contribution in [2.75, 3.05) is 5.32 Å². The maximum absolute atomic E-state index is 12.1. The molecule has 132 valence electrons. The number of hydrogen-bond donors (Lipinski definition) is 1. The van der Waals surface area contributed by atoms with E-state index in [4.69, 9.17) is 4.74 Å². The monoisotopic (exact) mass is 338 g/mol. The van der Waals surface area contributed by atoms with Gasteiger partial charge in [0, 0.05) is 6.20 Å². The molecular formula is C21H26N2O2. The Morgan fingerprint density at radius 2 is 1.76 bits per heavy atom. The van der Waals surface area contributed by atoms with Gasteiger partial charge < -0.3 is 4.74 Å². The smallest absolute Gasteiger partial charge is 0.412 e. The van der Waals surface area contributed by atoms with E-state index in [0.29, 0.717) is 5.69 Å². The number of amides is 1. The van der Waals surface area contributed by atoms with Gasteiger partial charge in [0.15, 0.2) is 0 Å². The van der Waals surface area contributed by atoms with E-state index in [2.05, 4.69) is 10.3 Å². The molecule has 1 aromatic heterocycles. The number of nitrogens with one attached hydrogen (secondary N) is 1. The summed E-state index contributed by atoms with van der Waals surface area (Å²) >= 11 is 0. The van der Waals surface area contributed by atoms with Crippen molar-refractivity contribution in [2.24, 2.45) is 0 Å². The second-order valence-corrected chi connectivity index (χ2v) is 7.23. The van der Waals surface area contributed by atoms with Gasteiger partial charge in [-0.3, -0.25) is 10.3 Å². The highest BCUT2D eigenvalue weighted by Gasteiger charge is 2.18. The second-order valence-electron chi connectivity index (χ2n) is 7.23. The summed E-state index contributed by atoms with van der Waals surface area (Å²) in [7, 11) is 0. The van der Waals surface area contributed by atoms with Gasteiger partial charge in [-0.1, -0.05) is 56.3 Å². The van der Waals surface area contributed by atoms with E-state index in [-0.39, 0.29) is 5.92 Å². The Hall–Kier alpha value is -2.62. The molecule has 0 radical (unpaired) electrons. The molecule has 0 bridgehead atoms. The molecule has 1 aromatic carbocycles. The van der Waals surface area contributed by atoms with E-state index >= 15 is 0 Å². The van der Waals surface area contributed by atoms with Gasteiger partial charge in [0.2, 0.25) is 0 Å². The Kier molecular flexibility index (Phi) is 5.97. The van der Waals surface area contributed by atoms with Crippen LogP contribution in [0.5, 0.6) is 0 Å². The minimum absolute atomic E-state index is 0.192. The van der Waals surface area contributed by atoms with Crippen LogP contribution in [0.2, 0.25) is 0 Å². The first-order chi connectivity index (χ1) is 11.7. The number of hydrogen-bond acceptors (Lipinski definition) is 3. The van der Waals surface area contributed by atoms with Crippen LogP contribution in [0.1, 0.15) is 57.4 Å². The van der Waals surface area contributed by atoms with Crippen molar-refractivity contribution in [3.63, 3.8) is 0 Å². The Balaban J connectivity index is 2.24. The molecule has 4 heteroatoms. The molecule has 0 saturated heterocycles. The lowest BCUT2D eigenvalue weighted by atomic mass is 10.1. The van der Waals surface area contributed by atoms with Crippen LogP contribution in [-0.4, -0.2) is 16.7 Å². The summed E-state index contributed by atoms with van der Waals surface area (Å²) in [6.07, 6.45) is 5.34. The Morgan fingerprint density at radius 1 is 1.12 bits per heavy atom. The van der Waals surface area contributed by atoms with E-state index in [1.807, 2.05) is 89.4 Å². The highest BCUT2D eigenvalue weighted by Crippen LogP contribution is 2.24. The van der Waals surface area contributed by atoms with E-state index in [1.54, 1.807) is 0 Å². The zero-order chi connectivity index (χ0) is 18.4. The predicted molar refractivity (Wildman–Crippen MR) is 104 cm³/mol. The molecule has 0 saturated carbocycles. The van der Waals surface area contributed by atoms with E-state index in [0.717, 1.165) is 16.8 Å². The lowest BCUT2D eigenvalue weighted by molar-refractivity contribution is 0.0635. The number of nitrogens with zero attached hydrogens (tertiary/aromatic N) is 1. The summed E-state index contributed by atoms with van der Waals surface area (Å²) in [5.41, 5.74) is 3.00. The summed E-state index contributed by atoms with van der Waals surface area (Å²) in [6, 6.07) is 12.0. The zero-order valence-electron chi connectivity index (χ0n) is 15.5. The molecule has 4 nitrogen and oxygen atoms in total. The number of rotatable bonds is 4. The molecule has 25 heavy (non-hydrogen) atoms. The number of pyridine rings is 1. The highest BCUT2D eigenvalue weighted by atomic mass is 16.6. The summed E-state index contributed by atoms with van der Waals surface area (Å²) in [4.78, 5) is 16.6. The minimum atomic E-state index is -0.541. The van der Waals surface area contributed by atoms with Gasteiger partial charge >= 0.3 is 6.09 Å². The maximum Gasteiger partial charge on any atom is 0.412 e. The van der Waals surface area contributed by atoms with Crippen molar-refractivity contribution < 1.29 is 9.53 Å². The third kappa shape index (κ3) is 6.07. The van der Waals surface area contributed by atoms with Crippen LogP contribution >= 0.6 is 0 Å². The maximum atomic E-state index is 12.1. The van der Waals surface area contributed by atoms with Crippen molar-refractivity contribution in [1.82, 2.24) is 4.98 Å². The van der Waals surface area contributed by atoms with Crippen molar-refractivity contribution in [1.29, 1.82) is 0 Å². The van der Waals surface area contributed by atoms with Gasteiger partial charge in [-0.25, -0.2) is 4.79 Å². The lowest BCUT2D eigenvalue weighted by Crippen LogP contribution is -2.27. The van der Waals surface area contributed by atoms with Gasteiger partial charge in [0.25, 0.3) is 0 Å². The Bertz CT molecular complexity index is 744. The number of benzene rings is 1. The van der Waals surface area contributed by atoms with Crippen LogP contribution in [0.4, 0.5) is 10.5 Å². The van der Waals surface area contributed by atoms with Gasteiger partial charge in [-0.05, 0) is 43.9 Å². The molecule has 0 fully saturated rings. The lowest BCUT2D eigenvalue weighted by Gasteiger charge is -2.21. The Morgan fingerprint density at radius 3 is 2.36 bits per heavy atom. The normalized spacial score (nSPS) is 11.8. The fourth-order valence-corrected chi connectivity index (χ4v) is 2.31. The number of anilines is 1. The first-order valence-corrected chi connectivity index (χ1v) is 8.47. The fraction of sp³-hybridized carbons (Fsp3) is 0.333. The molecule has 0 aliphatic rings. The molecule has 0 spiro atoms. The quantitative estimate of drug-likeness (QED) is 0.775. The molecule has 0 unspecified atom stereocenters. The number of carbonyl (C=O) groups is 1. The molecule has 0 aliphatic heterocycles. The fourth-order valence-electron chi connectivity index (χ4n) is 2.31. The van der Waals surface area contributed by atoms with Gasteiger partial charge in [-0.15, -0.1) is 0 Å². The SMILES string of the molecule is CC(C)c1ncc(/C=C/c2ccccc2)cc1NC(=O)OC(C)(C)C. The number of carbonyl (C=O) groups excluding carboxylic acids is 1. The molecule has 2 rings (SSSR count). The van der Waals surface area contributed by atoms with Crippen LogP contribution in [0.25, 0.3) is 12.2 Å². The summed E-state index contributed by atoms with van der Waals surface area (Å²) in [5, 5.41) is 2.83. The van der Waals surface area contributed by atoms with Crippen molar-refractivity contribution in [3.8, 4) is 0 Å². The molecule has 0 atom stereocenters. The van der Waals surface area contributed by atoms with Gasteiger partial charge in [0.05, 0.1) is 11.4 Å². The van der Waals surface area contributed by atoms with Crippen molar-refractivity contribution >= 4 is 23.9 Å². The van der Waals surface area contributed by atoms with Crippen molar-refractivity contribution in [2.45, 2.75) is 46.1 Å². The van der Waals surface area contributed by atoms with Crippen LogP contribution in [0, 0.1) is 0 Å². The Labute approximate surface area is 149 Å². The van der Waals surface area contributed by atoms with E-state index in [1.165, 1.54) is 0 Å². The molecule has 1 heterocycles. The van der Waals surface area contributed by atoms with E-state index in [9.17, 15) is 4.79 Å². The summed E-state index contributed by atoms with van der Waals surface area (Å²) < 4.78 is 5.35. The average Bonchev–Trinajstić information content (AvgIpc) is 2.52. The topological polar surface area (TPSA) is 51.2 Å². The zero-order valence-corrected chi connectivity index (χ0v) is 15.5. The molecular weight excluding hydrogens is 312 g/mol. The van der Waals surface area contributed by atoms with E-state index < -0.39 is 11.7 Å². The first kappa shape index (κ1) is 18.7. The predicted octanol–water partition coefficient (Wildman–Crippen LogP) is 5.72. The third-order valence-corrected chi connectivity index (χ3v) is 3.39.